The molecular formula is C28H28N4O3. The quantitative estimate of drug-likeness (QED) is 0.362. The topological polar surface area (TPSA) is 72.6 Å². The van der Waals surface area contributed by atoms with Crippen molar-refractivity contribution >= 4 is 43.6 Å². The number of aliphatic hydroxyl groups excluding tert-OH is 1. The Morgan fingerprint density at radius 2 is 1.77 bits per heavy atom. The molecule has 0 radical (unpaired) electrons. The smallest absolute Gasteiger partial charge is 0.173 e. The summed E-state index contributed by atoms with van der Waals surface area (Å²) in [6.45, 7) is 2.80. The first-order valence-corrected chi connectivity index (χ1v) is 12.4. The molecule has 0 spiro atoms. The second-order valence-corrected chi connectivity index (χ2v) is 10.3. The summed E-state index contributed by atoms with van der Waals surface area (Å²) in [6, 6.07) is 17.2. The molecule has 7 heteroatoms. The Morgan fingerprint density at radius 1 is 1.06 bits per heavy atom. The van der Waals surface area contributed by atoms with Crippen molar-refractivity contribution in [2.24, 2.45) is 0 Å². The fourth-order valence-corrected chi connectivity index (χ4v) is 7.47. The SMILES string of the molecule is CN[C@@H]1C[C@H]2O[C@@](C)([C@@H]1OC)n1c3ccccc3c3c4c(c5c6ccccc6n2c5c31)C(O)NC4. The van der Waals surface area contributed by atoms with Gasteiger partial charge in [-0.2, -0.15) is 0 Å². The highest BCUT2D eigenvalue weighted by molar-refractivity contribution is 6.25. The molecule has 178 valence electrons. The molecule has 1 saturated heterocycles. The molecule has 3 N–H and O–H groups in total. The average molecular weight is 469 g/mol. The first-order valence-electron chi connectivity index (χ1n) is 12.4. The third kappa shape index (κ3) is 2.21. The maximum atomic E-state index is 11.2. The van der Waals surface area contributed by atoms with Crippen LogP contribution in [-0.2, 0) is 21.7 Å². The number of aromatic nitrogens is 2. The van der Waals surface area contributed by atoms with E-state index in [1.165, 1.54) is 16.3 Å². The van der Waals surface area contributed by atoms with Gasteiger partial charge in [0.15, 0.2) is 5.72 Å². The highest BCUT2D eigenvalue weighted by atomic mass is 16.6. The van der Waals surface area contributed by atoms with E-state index in [1.807, 2.05) is 7.05 Å². The lowest BCUT2D eigenvalue weighted by atomic mass is 9.93. The Kier molecular flexibility index (Phi) is 3.84. The summed E-state index contributed by atoms with van der Waals surface area (Å²) in [5.41, 5.74) is 6.00. The lowest BCUT2D eigenvalue weighted by Crippen LogP contribution is -2.59. The zero-order valence-corrected chi connectivity index (χ0v) is 20.0. The number of nitrogens with zero attached hydrogens (tertiary/aromatic N) is 2. The predicted molar refractivity (Wildman–Crippen MR) is 136 cm³/mol. The highest BCUT2D eigenvalue weighted by Crippen LogP contribution is 2.54. The van der Waals surface area contributed by atoms with Gasteiger partial charge >= 0.3 is 0 Å². The minimum atomic E-state index is -0.737. The molecule has 0 saturated carbocycles. The van der Waals surface area contributed by atoms with Crippen LogP contribution in [0.3, 0.4) is 0 Å². The van der Waals surface area contributed by atoms with Crippen molar-refractivity contribution in [2.45, 2.75) is 50.2 Å². The van der Waals surface area contributed by atoms with Crippen LogP contribution in [0.4, 0.5) is 0 Å². The first kappa shape index (κ1) is 20.3. The molecule has 3 aliphatic heterocycles. The molecule has 3 aromatic carbocycles. The number of ether oxygens (including phenoxy) is 2. The number of hydrogen-bond acceptors (Lipinski definition) is 5. The van der Waals surface area contributed by atoms with E-state index in [4.69, 9.17) is 9.47 Å². The molecule has 2 bridgehead atoms. The van der Waals surface area contributed by atoms with Crippen LogP contribution in [-0.4, -0.2) is 40.5 Å². The minimum Gasteiger partial charge on any atom is -0.375 e. The third-order valence-corrected chi connectivity index (χ3v) is 8.73. The van der Waals surface area contributed by atoms with E-state index >= 15 is 0 Å². The van der Waals surface area contributed by atoms with Gasteiger partial charge in [-0.15, -0.1) is 0 Å². The van der Waals surface area contributed by atoms with Gasteiger partial charge in [0.05, 0.1) is 22.1 Å². The summed E-state index contributed by atoms with van der Waals surface area (Å²) in [5, 5.41) is 22.7. The summed E-state index contributed by atoms with van der Waals surface area (Å²) in [7, 11) is 3.79. The van der Waals surface area contributed by atoms with Gasteiger partial charge in [-0.1, -0.05) is 36.4 Å². The lowest BCUT2D eigenvalue weighted by Gasteiger charge is -2.48. The third-order valence-electron chi connectivity index (χ3n) is 8.73. The Balaban J connectivity index is 1.71. The van der Waals surface area contributed by atoms with E-state index in [-0.39, 0.29) is 18.4 Å². The first-order chi connectivity index (χ1) is 17.1. The van der Waals surface area contributed by atoms with Crippen molar-refractivity contribution in [1.29, 1.82) is 0 Å². The van der Waals surface area contributed by atoms with Gasteiger partial charge in [-0.25, -0.2) is 0 Å². The highest BCUT2D eigenvalue weighted by Gasteiger charge is 2.53. The Bertz CT molecular complexity index is 1700. The van der Waals surface area contributed by atoms with Crippen molar-refractivity contribution < 1.29 is 14.6 Å². The Hall–Kier alpha value is -2.94. The van der Waals surface area contributed by atoms with Crippen LogP contribution in [0.1, 0.15) is 36.9 Å². The maximum absolute atomic E-state index is 11.2. The van der Waals surface area contributed by atoms with Gasteiger partial charge in [-0.3, -0.25) is 5.32 Å². The Labute approximate surface area is 202 Å². The molecule has 5 atom stereocenters. The van der Waals surface area contributed by atoms with Crippen LogP contribution in [0, 0.1) is 0 Å². The minimum absolute atomic E-state index is 0.101. The number of nitrogens with one attached hydrogen (secondary N) is 2. The fourth-order valence-electron chi connectivity index (χ4n) is 7.47. The molecule has 35 heavy (non-hydrogen) atoms. The second-order valence-electron chi connectivity index (χ2n) is 10.3. The molecule has 7 nitrogen and oxygen atoms in total. The summed E-state index contributed by atoms with van der Waals surface area (Å²) in [5.74, 6) is 0. The molecule has 1 fully saturated rings. The standard InChI is InChI=1S/C28H28N4O3/c1-28-26(34-3)17(29-2)12-20(35-28)31-18-10-6-4-8-14(18)22-23-16(13-30-27(23)33)21-15-9-5-7-11-19(15)32(28)25(21)24(22)31/h4-11,17,20,26-27,29-30,33H,12-13H2,1-3H3/t17-,20-,26-,27?,28+/m1/s1. The molecule has 2 aromatic heterocycles. The number of benzene rings is 3. The fraction of sp³-hybridized carbons (Fsp3) is 0.357. The zero-order chi connectivity index (χ0) is 23.6. The molecule has 0 amide bonds. The van der Waals surface area contributed by atoms with Gasteiger partial charge in [-0.05, 0) is 31.7 Å². The van der Waals surface area contributed by atoms with E-state index in [1.54, 1.807) is 7.11 Å². The van der Waals surface area contributed by atoms with Crippen LogP contribution in [0.15, 0.2) is 48.5 Å². The molecule has 8 rings (SSSR count). The van der Waals surface area contributed by atoms with Crippen LogP contribution < -0.4 is 10.6 Å². The van der Waals surface area contributed by atoms with Crippen molar-refractivity contribution in [2.75, 3.05) is 14.2 Å². The van der Waals surface area contributed by atoms with Crippen molar-refractivity contribution in [3.63, 3.8) is 0 Å². The maximum Gasteiger partial charge on any atom is 0.173 e. The molecular weight excluding hydrogens is 440 g/mol. The van der Waals surface area contributed by atoms with E-state index in [2.05, 4.69) is 75.2 Å². The summed E-state index contributed by atoms with van der Waals surface area (Å²) >= 11 is 0. The van der Waals surface area contributed by atoms with Crippen LogP contribution in [0.5, 0.6) is 0 Å². The largest absolute Gasteiger partial charge is 0.375 e. The number of fused-ring (bicyclic) bond motifs is 13. The zero-order valence-electron chi connectivity index (χ0n) is 20.0. The number of methoxy groups -OCH3 is 1. The second kappa shape index (κ2) is 6.63. The molecule has 1 unspecified atom stereocenters. The molecule has 3 aliphatic rings. The van der Waals surface area contributed by atoms with Gasteiger partial charge in [0.1, 0.15) is 18.6 Å². The van der Waals surface area contributed by atoms with E-state index in [0.717, 1.165) is 44.8 Å². The average Bonchev–Trinajstić information content (AvgIpc) is 3.51. The number of hydrogen-bond donors (Lipinski definition) is 3. The summed E-state index contributed by atoms with van der Waals surface area (Å²) in [4.78, 5) is 0. The summed E-state index contributed by atoms with van der Waals surface area (Å²) in [6.07, 6.45) is -0.296. The van der Waals surface area contributed by atoms with E-state index in [0.29, 0.717) is 6.54 Å². The van der Waals surface area contributed by atoms with Crippen molar-refractivity contribution in [1.82, 2.24) is 19.8 Å². The normalized spacial score (nSPS) is 29.6. The molecule has 0 aliphatic carbocycles. The lowest BCUT2D eigenvalue weighted by molar-refractivity contribution is -0.256. The van der Waals surface area contributed by atoms with Gasteiger partial charge < -0.3 is 29.0 Å². The number of rotatable bonds is 2. The van der Waals surface area contributed by atoms with Crippen molar-refractivity contribution in [3.05, 3.63) is 59.7 Å². The van der Waals surface area contributed by atoms with Gasteiger partial charge in [0.25, 0.3) is 0 Å². The van der Waals surface area contributed by atoms with Crippen LogP contribution in [0.25, 0.3) is 43.6 Å². The molecule has 5 heterocycles. The number of likely N-dealkylation sites (N-methyl/N-ethyl adjacent to an activating group) is 1. The Morgan fingerprint density at radius 3 is 2.51 bits per heavy atom. The van der Waals surface area contributed by atoms with Gasteiger partial charge in [0.2, 0.25) is 0 Å². The van der Waals surface area contributed by atoms with Crippen molar-refractivity contribution in [3.8, 4) is 0 Å². The number of para-hydroxylation sites is 2. The van der Waals surface area contributed by atoms with Crippen LogP contribution >= 0.6 is 0 Å². The number of aliphatic hydroxyl groups is 1. The monoisotopic (exact) mass is 468 g/mol. The van der Waals surface area contributed by atoms with Crippen LogP contribution in [0.2, 0.25) is 0 Å². The van der Waals surface area contributed by atoms with E-state index in [9.17, 15) is 5.11 Å². The predicted octanol–water partition coefficient (Wildman–Crippen LogP) is 4.20. The summed E-state index contributed by atoms with van der Waals surface area (Å²) < 4.78 is 18.1. The molecule has 5 aromatic rings. The van der Waals surface area contributed by atoms with Gasteiger partial charge in [0, 0.05) is 53.2 Å². The van der Waals surface area contributed by atoms with E-state index < -0.39 is 12.0 Å².